The van der Waals surface area contributed by atoms with Gasteiger partial charge in [-0.1, -0.05) is 30.3 Å². The quantitative estimate of drug-likeness (QED) is 0.397. The van der Waals surface area contributed by atoms with Crippen LogP contribution in [0.25, 0.3) is 10.9 Å². The highest BCUT2D eigenvalue weighted by molar-refractivity contribution is 5.83. The van der Waals surface area contributed by atoms with E-state index in [1.54, 1.807) is 7.11 Å². The number of carboxylic acid groups (broad SMARTS) is 1. The van der Waals surface area contributed by atoms with Crippen molar-refractivity contribution in [2.75, 3.05) is 13.7 Å². The number of aryl methyl sites for hydroxylation is 1. The molecular weight excluding hydrogens is 366 g/mol. The zero-order valence-electron chi connectivity index (χ0n) is 16.7. The van der Waals surface area contributed by atoms with Crippen LogP contribution in [0.3, 0.4) is 0 Å². The molecule has 0 amide bonds. The van der Waals surface area contributed by atoms with E-state index in [1.165, 1.54) is 5.56 Å². The molecule has 2 aromatic carbocycles. The summed E-state index contributed by atoms with van der Waals surface area (Å²) >= 11 is 0. The number of carboxylic acids is 1. The van der Waals surface area contributed by atoms with Crippen molar-refractivity contribution >= 4 is 16.9 Å². The molecule has 0 spiro atoms. The van der Waals surface area contributed by atoms with Gasteiger partial charge in [-0.3, -0.25) is 4.79 Å². The fraction of sp³-hybridized carbons (Fsp3) is 0.348. The summed E-state index contributed by atoms with van der Waals surface area (Å²) in [4.78, 5) is 14.5. The molecule has 0 aliphatic carbocycles. The average molecular weight is 396 g/mol. The van der Waals surface area contributed by atoms with Gasteiger partial charge in [-0.2, -0.15) is 0 Å². The first kappa shape index (κ1) is 20.9. The monoisotopic (exact) mass is 395 g/mol. The topological polar surface area (TPSA) is 100 Å². The Balaban J connectivity index is 1.71. The van der Waals surface area contributed by atoms with Gasteiger partial charge in [0.05, 0.1) is 7.11 Å². The molecule has 29 heavy (non-hydrogen) atoms. The largest absolute Gasteiger partial charge is 0.497 e. The Hall–Kier alpha value is -2.83. The van der Waals surface area contributed by atoms with Crippen molar-refractivity contribution in [1.29, 1.82) is 0 Å². The number of aromatic amines is 1. The molecule has 6 heteroatoms. The van der Waals surface area contributed by atoms with Crippen molar-refractivity contribution in [3.05, 3.63) is 65.9 Å². The maximum atomic E-state index is 11.2. The number of carbonyl (C=O) groups is 1. The second kappa shape index (κ2) is 10.1. The van der Waals surface area contributed by atoms with Crippen LogP contribution in [0, 0.1) is 0 Å². The molecular formula is C23H29N3O3. The molecule has 0 saturated heterocycles. The molecule has 0 aliphatic rings. The van der Waals surface area contributed by atoms with Crippen LogP contribution in [0.4, 0.5) is 0 Å². The molecule has 0 radical (unpaired) electrons. The van der Waals surface area contributed by atoms with Crippen LogP contribution in [0.1, 0.15) is 36.4 Å². The van der Waals surface area contributed by atoms with E-state index in [0.717, 1.165) is 35.1 Å². The molecule has 0 fully saturated rings. The fourth-order valence-electron chi connectivity index (χ4n) is 3.67. The fourth-order valence-corrected chi connectivity index (χ4v) is 3.67. The van der Waals surface area contributed by atoms with E-state index in [2.05, 4.69) is 28.5 Å². The molecule has 0 aliphatic heterocycles. The SMILES string of the molecule is COc1ccc(CCC(CN)N[C@@H](CCC(=O)O)c2c[nH]c3ccccc23)cc1. The second-order valence-electron chi connectivity index (χ2n) is 7.26. The van der Waals surface area contributed by atoms with E-state index in [9.17, 15) is 9.90 Å². The Labute approximate surface area is 171 Å². The third kappa shape index (κ3) is 5.59. The lowest BCUT2D eigenvalue weighted by Gasteiger charge is -2.25. The maximum absolute atomic E-state index is 11.2. The zero-order chi connectivity index (χ0) is 20.6. The number of ether oxygens (including phenoxy) is 1. The van der Waals surface area contributed by atoms with Crippen LogP contribution in [-0.4, -0.2) is 35.8 Å². The summed E-state index contributed by atoms with van der Waals surface area (Å²) in [6.07, 6.45) is 4.34. The number of nitrogens with two attached hydrogens (primary N) is 1. The van der Waals surface area contributed by atoms with Crippen LogP contribution in [0.15, 0.2) is 54.7 Å². The van der Waals surface area contributed by atoms with Crippen LogP contribution in [-0.2, 0) is 11.2 Å². The lowest BCUT2D eigenvalue weighted by molar-refractivity contribution is -0.137. The Morgan fingerprint density at radius 3 is 2.62 bits per heavy atom. The van der Waals surface area contributed by atoms with Gasteiger partial charge in [0.2, 0.25) is 0 Å². The van der Waals surface area contributed by atoms with Crippen LogP contribution < -0.4 is 15.8 Å². The number of hydrogen-bond acceptors (Lipinski definition) is 4. The molecule has 0 saturated carbocycles. The summed E-state index contributed by atoms with van der Waals surface area (Å²) in [5, 5.41) is 13.9. The molecule has 3 aromatic rings. The Morgan fingerprint density at radius 2 is 1.93 bits per heavy atom. The van der Waals surface area contributed by atoms with Gasteiger partial charge < -0.3 is 25.9 Å². The van der Waals surface area contributed by atoms with Crippen LogP contribution in [0.5, 0.6) is 5.75 Å². The highest BCUT2D eigenvalue weighted by Gasteiger charge is 2.20. The lowest BCUT2D eigenvalue weighted by Crippen LogP contribution is -2.39. The highest BCUT2D eigenvalue weighted by atomic mass is 16.5. The molecule has 0 bridgehead atoms. The molecule has 1 heterocycles. The first-order valence-electron chi connectivity index (χ1n) is 9.97. The minimum absolute atomic E-state index is 0.0772. The van der Waals surface area contributed by atoms with Gasteiger partial charge in [0.15, 0.2) is 0 Å². The molecule has 2 atom stereocenters. The summed E-state index contributed by atoms with van der Waals surface area (Å²) < 4.78 is 5.21. The third-order valence-electron chi connectivity index (χ3n) is 5.31. The first-order valence-corrected chi connectivity index (χ1v) is 9.97. The minimum atomic E-state index is -0.792. The number of aromatic nitrogens is 1. The van der Waals surface area contributed by atoms with E-state index < -0.39 is 5.97 Å². The smallest absolute Gasteiger partial charge is 0.303 e. The highest BCUT2D eigenvalue weighted by Crippen LogP contribution is 2.28. The van der Waals surface area contributed by atoms with Gasteiger partial charge in [-0.05, 0) is 48.6 Å². The van der Waals surface area contributed by atoms with Gasteiger partial charge in [0.25, 0.3) is 0 Å². The van der Waals surface area contributed by atoms with Crippen molar-refractivity contribution in [3.63, 3.8) is 0 Å². The number of H-pyrrole nitrogens is 1. The van der Waals surface area contributed by atoms with E-state index in [-0.39, 0.29) is 18.5 Å². The molecule has 1 unspecified atom stereocenters. The molecule has 3 rings (SSSR count). The van der Waals surface area contributed by atoms with Crippen molar-refractivity contribution < 1.29 is 14.6 Å². The summed E-state index contributed by atoms with van der Waals surface area (Å²) in [5.74, 6) is 0.0505. The number of benzene rings is 2. The Kier molecular flexibility index (Phi) is 7.27. The minimum Gasteiger partial charge on any atom is -0.497 e. The van der Waals surface area contributed by atoms with E-state index in [4.69, 9.17) is 10.5 Å². The van der Waals surface area contributed by atoms with E-state index in [1.807, 2.05) is 36.5 Å². The van der Waals surface area contributed by atoms with E-state index in [0.29, 0.717) is 13.0 Å². The summed E-state index contributed by atoms with van der Waals surface area (Å²) in [7, 11) is 1.66. The van der Waals surface area contributed by atoms with Crippen LogP contribution in [0.2, 0.25) is 0 Å². The summed E-state index contributed by atoms with van der Waals surface area (Å²) in [6, 6.07) is 16.1. The van der Waals surface area contributed by atoms with Crippen LogP contribution >= 0.6 is 0 Å². The van der Waals surface area contributed by atoms with Crippen molar-refractivity contribution in [2.24, 2.45) is 5.73 Å². The van der Waals surface area contributed by atoms with Crippen molar-refractivity contribution in [2.45, 2.75) is 37.8 Å². The lowest BCUT2D eigenvalue weighted by atomic mass is 9.98. The number of methoxy groups -OCH3 is 1. The predicted molar refractivity (Wildman–Crippen MR) is 115 cm³/mol. The number of para-hydroxylation sites is 1. The molecule has 6 nitrogen and oxygen atoms in total. The van der Waals surface area contributed by atoms with Gasteiger partial charge in [-0.15, -0.1) is 0 Å². The summed E-state index contributed by atoms with van der Waals surface area (Å²) in [6.45, 7) is 0.488. The Morgan fingerprint density at radius 1 is 1.17 bits per heavy atom. The average Bonchev–Trinajstić information content (AvgIpc) is 3.17. The van der Waals surface area contributed by atoms with Crippen molar-refractivity contribution in [1.82, 2.24) is 10.3 Å². The second-order valence-corrected chi connectivity index (χ2v) is 7.26. The van der Waals surface area contributed by atoms with Gasteiger partial charge in [0.1, 0.15) is 5.75 Å². The molecule has 154 valence electrons. The third-order valence-corrected chi connectivity index (χ3v) is 5.31. The number of hydrogen-bond donors (Lipinski definition) is 4. The van der Waals surface area contributed by atoms with E-state index >= 15 is 0 Å². The Bertz CT molecular complexity index is 921. The maximum Gasteiger partial charge on any atom is 0.303 e. The normalized spacial score (nSPS) is 13.3. The number of fused-ring (bicyclic) bond motifs is 1. The molecule has 5 N–H and O–H groups in total. The standard InChI is InChI=1S/C23H29N3O3/c1-29-18-10-7-16(8-11-18)6-9-17(14-24)26-22(12-13-23(27)28)20-15-25-21-5-3-2-4-19(20)21/h2-5,7-8,10-11,15,17,22,25-26H,6,9,12-14,24H2,1H3,(H,27,28)/t17?,22-/m0/s1. The predicted octanol–water partition coefficient (Wildman–Crippen LogP) is 3.63. The van der Waals surface area contributed by atoms with Gasteiger partial charge in [0, 0.05) is 42.1 Å². The zero-order valence-corrected chi connectivity index (χ0v) is 16.7. The summed E-state index contributed by atoms with van der Waals surface area (Å²) in [5.41, 5.74) is 9.40. The van der Waals surface area contributed by atoms with Gasteiger partial charge >= 0.3 is 5.97 Å². The van der Waals surface area contributed by atoms with Gasteiger partial charge in [-0.25, -0.2) is 0 Å². The number of nitrogens with one attached hydrogen (secondary N) is 2. The molecule has 1 aromatic heterocycles. The number of aliphatic carboxylic acids is 1. The first-order chi connectivity index (χ1) is 14.1. The van der Waals surface area contributed by atoms with Crippen molar-refractivity contribution in [3.8, 4) is 5.75 Å². The number of rotatable bonds is 11.